The van der Waals surface area contributed by atoms with Crippen LogP contribution in [0, 0.1) is 0 Å². The number of nitrogens with zero attached hydrogens (tertiary/aromatic N) is 2. The van der Waals surface area contributed by atoms with E-state index >= 15 is 0 Å². The number of benzene rings is 1. The first-order chi connectivity index (χ1) is 11.5. The van der Waals surface area contributed by atoms with Crippen molar-refractivity contribution in [3.05, 3.63) is 35.4 Å². The van der Waals surface area contributed by atoms with Crippen LogP contribution in [0.15, 0.2) is 24.3 Å². The average molecular weight is 348 g/mol. The molecule has 134 valence electrons. The predicted molar refractivity (Wildman–Crippen MR) is 86.5 cm³/mol. The van der Waals surface area contributed by atoms with E-state index in [-0.39, 0.29) is 11.1 Å². The zero-order chi connectivity index (χ0) is 18.9. The van der Waals surface area contributed by atoms with Crippen molar-refractivity contribution in [3.63, 3.8) is 0 Å². The van der Waals surface area contributed by atoms with Crippen LogP contribution in [0.2, 0.25) is 0 Å². The molecule has 8 heteroatoms. The van der Waals surface area contributed by atoms with Gasteiger partial charge >= 0.3 is 12.1 Å². The zero-order valence-electron chi connectivity index (χ0n) is 14.7. The Balaban J connectivity index is 2.06. The van der Waals surface area contributed by atoms with Crippen LogP contribution >= 0.6 is 0 Å². The third kappa shape index (κ3) is 3.78. The van der Waals surface area contributed by atoms with Crippen LogP contribution in [0.5, 0.6) is 0 Å². The van der Waals surface area contributed by atoms with Crippen LogP contribution in [0.25, 0.3) is 0 Å². The van der Waals surface area contributed by atoms with E-state index in [1.54, 1.807) is 32.9 Å². The van der Waals surface area contributed by atoms with Gasteiger partial charge in [0.15, 0.2) is 0 Å². The molecule has 8 nitrogen and oxygen atoms in total. The first-order valence-electron chi connectivity index (χ1n) is 7.68. The number of fused-ring (bicyclic) bond motifs is 1. The van der Waals surface area contributed by atoms with Crippen molar-refractivity contribution in [2.75, 3.05) is 7.05 Å². The Morgan fingerprint density at radius 2 is 1.56 bits per heavy atom. The molecule has 1 aromatic rings. The van der Waals surface area contributed by atoms with E-state index in [0.29, 0.717) is 5.06 Å². The fraction of sp³-hybridized carbons (Fsp3) is 0.412. The van der Waals surface area contributed by atoms with E-state index in [4.69, 9.17) is 9.57 Å². The Hall–Kier alpha value is -2.90. The number of hydrogen-bond donors (Lipinski definition) is 0. The fourth-order valence-corrected chi connectivity index (χ4v) is 2.07. The zero-order valence-corrected chi connectivity index (χ0v) is 14.7. The fourth-order valence-electron chi connectivity index (χ4n) is 2.07. The summed E-state index contributed by atoms with van der Waals surface area (Å²) < 4.78 is 5.17. The topological polar surface area (TPSA) is 93.2 Å². The summed E-state index contributed by atoms with van der Waals surface area (Å²) in [6.07, 6.45) is -0.723. The van der Waals surface area contributed by atoms with Gasteiger partial charge in [0.25, 0.3) is 11.8 Å². The maximum Gasteiger partial charge on any atom is 0.410 e. The molecule has 0 saturated carbocycles. The summed E-state index contributed by atoms with van der Waals surface area (Å²) >= 11 is 0. The number of hydrogen-bond acceptors (Lipinski definition) is 6. The van der Waals surface area contributed by atoms with Gasteiger partial charge in [-0.2, -0.15) is 0 Å². The van der Waals surface area contributed by atoms with Gasteiger partial charge < -0.3 is 9.57 Å². The summed E-state index contributed by atoms with van der Waals surface area (Å²) in [4.78, 5) is 54.6. The van der Waals surface area contributed by atoms with Crippen LogP contribution < -0.4 is 0 Å². The molecule has 25 heavy (non-hydrogen) atoms. The maximum absolute atomic E-state index is 12.2. The first-order valence-corrected chi connectivity index (χ1v) is 7.68. The van der Waals surface area contributed by atoms with Crippen molar-refractivity contribution in [3.8, 4) is 0 Å². The summed E-state index contributed by atoms with van der Waals surface area (Å²) in [6, 6.07) is 5.10. The first kappa shape index (κ1) is 18.4. The lowest BCUT2D eigenvalue weighted by atomic mass is 10.1. The smallest absolute Gasteiger partial charge is 0.410 e. The molecule has 1 aliphatic rings. The van der Waals surface area contributed by atoms with Crippen molar-refractivity contribution < 1.29 is 28.8 Å². The van der Waals surface area contributed by atoms with Crippen LogP contribution in [0.3, 0.4) is 0 Å². The molecule has 0 unspecified atom stereocenters. The lowest BCUT2D eigenvalue weighted by Crippen LogP contribution is -2.46. The Bertz CT molecular complexity index is 702. The van der Waals surface area contributed by atoms with Gasteiger partial charge in [0.05, 0.1) is 11.1 Å². The summed E-state index contributed by atoms with van der Waals surface area (Å²) in [7, 11) is 1.36. The second kappa shape index (κ2) is 6.54. The van der Waals surface area contributed by atoms with Gasteiger partial charge in [-0.1, -0.05) is 17.2 Å². The Kier molecular flexibility index (Phi) is 4.82. The molecule has 0 N–H and O–H groups in total. The van der Waals surface area contributed by atoms with Gasteiger partial charge in [0.1, 0.15) is 11.6 Å². The number of hydroxylamine groups is 2. The SMILES string of the molecule is C[C@H](C(=O)ON1C(=O)c2ccccc2C1=O)N(C)C(=O)OC(C)(C)C. The summed E-state index contributed by atoms with van der Waals surface area (Å²) in [5.41, 5.74) is -0.404. The largest absolute Gasteiger partial charge is 0.444 e. The molecule has 3 amide bonds. The predicted octanol–water partition coefficient (Wildman–Crippen LogP) is 2.00. The van der Waals surface area contributed by atoms with Gasteiger partial charge in [-0.3, -0.25) is 14.5 Å². The molecule has 2 rings (SSSR count). The number of amides is 3. The second-order valence-electron chi connectivity index (χ2n) is 6.63. The van der Waals surface area contributed by atoms with Crippen LogP contribution in [0.1, 0.15) is 48.4 Å². The lowest BCUT2D eigenvalue weighted by Gasteiger charge is -2.28. The quantitative estimate of drug-likeness (QED) is 0.776. The van der Waals surface area contributed by atoms with Gasteiger partial charge in [0, 0.05) is 7.05 Å². The Morgan fingerprint density at radius 3 is 2.00 bits per heavy atom. The summed E-state index contributed by atoms with van der Waals surface area (Å²) in [6.45, 7) is 6.49. The van der Waals surface area contributed by atoms with E-state index in [1.807, 2.05) is 0 Å². The highest BCUT2D eigenvalue weighted by Crippen LogP contribution is 2.23. The number of imide groups is 1. The second-order valence-corrected chi connectivity index (χ2v) is 6.63. The van der Waals surface area contributed by atoms with Gasteiger partial charge in [-0.25, -0.2) is 9.59 Å². The van der Waals surface area contributed by atoms with Crippen molar-refractivity contribution >= 4 is 23.9 Å². The molecule has 0 spiro atoms. The van der Waals surface area contributed by atoms with Gasteiger partial charge in [-0.05, 0) is 39.8 Å². The molecule has 1 aliphatic heterocycles. The van der Waals surface area contributed by atoms with Gasteiger partial charge in [-0.15, -0.1) is 0 Å². The summed E-state index contributed by atoms with van der Waals surface area (Å²) in [5, 5.41) is 0.409. The highest BCUT2D eigenvalue weighted by Gasteiger charge is 2.40. The number of carbonyl (C=O) groups is 4. The van der Waals surface area contributed by atoms with Crippen LogP contribution in [-0.2, 0) is 14.4 Å². The minimum atomic E-state index is -1.06. The van der Waals surface area contributed by atoms with Gasteiger partial charge in [0.2, 0.25) is 0 Å². The average Bonchev–Trinajstić information content (AvgIpc) is 2.77. The molecule has 1 heterocycles. The van der Waals surface area contributed by atoms with E-state index in [9.17, 15) is 19.2 Å². The third-order valence-corrected chi connectivity index (χ3v) is 3.54. The highest BCUT2D eigenvalue weighted by atomic mass is 16.7. The normalized spacial score (nSPS) is 14.8. The molecule has 0 fully saturated rings. The highest BCUT2D eigenvalue weighted by molar-refractivity contribution is 6.20. The van der Waals surface area contributed by atoms with Crippen molar-refractivity contribution in [1.29, 1.82) is 0 Å². The number of carbonyl (C=O) groups excluding carboxylic acids is 4. The summed E-state index contributed by atoms with van der Waals surface area (Å²) in [5.74, 6) is -2.37. The molecular formula is C17H20N2O6. The van der Waals surface area contributed by atoms with Crippen molar-refractivity contribution in [2.24, 2.45) is 0 Å². The molecule has 0 radical (unpaired) electrons. The lowest BCUT2D eigenvalue weighted by molar-refractivity contribution is -0.173. The molecule has 0 aromatic heterocycles. The molecule has 0 aliphatic carbocycles. The Morgan fingerprint density at radius 1 is 1.08 bits per heavy atom. The van der Waals surface area contributed by atoms with Crippen LogP contribution in [-0.4, -0.2) is 52.5 Å². The Labute approximate surface area is 145 Å². The molecule has 0 saturated heterocycles. The van der Waals surface area contributed by atoms with E-state index in [1.165, 1.54) is 26.1 Å². The van der Waals surface area contributed by atoms with E-state index in [0.717, 1.165) is 4.90 Å². The van der Waals surface area contributed by atoms with Crippen LogP contribution in [0.4, 0.5) is 4.79 Å². The van der Waals surface area contributed by atoms with E-state index < -0.39 is 35.5 Å². The van der Waals surface area contributed by atoms with E-state index in [2.05, 4.69) is 0 Å². The molecule has 1 aromatic carbocycles. The minimum Gasteiger partial charge on any atom is -0.444 e. The third-order valence-electron chi connectivity index (χ3n) is 3.54. The number of ether oxygens (including phenoxy) is 1. The van der Waals surface area contributed by atoms with Crippen molar-refractivity contribution in [2.45, 2.75) is 39.3 Å². The monoisotopic (exact) mass is 348 g/mol. The minimum absolute atomic E-state index is 0.161. The maximum atomic E-state index is 12.2. The standard InChI is InChI=1S/C17H20N2O6/c1-10(18(5)16(23)24-17(2,3)4)15(22)25-19-13(20)11-8-6-7-9-12(11)14(19)21/h6-10H,1-5H3/t10-/m1/s1. The number of likely N-dealkylation sites (N-methyl/N-ethyl adjacent to an activating group) is 1. The molecule has 1 atom stereocenters. The molecular weight excluding hydrogens is 328 g/mol. The number of rotatable bonds is 3. The van der Waals surface area contributed by atoms with Crippen molar-refractivity contribution in [1.82, 2.24) is 9.96 Å². The molecule has 0 bridgehead atoms.